The third kappa shape index (κ3) is 4.47. The van der Waals surface area contributed by atoms with E-state index in [1.807, 2.05) is 20.2 Å². The third-order valence-electron chi connectivity index (χ3n) is 8.89. The Kier molecular flexibility index (Phi) is 6.75. The molecule has 3 aliphatic rings. The lowest BCUT2D eigenvalue weighted by Gasteiger charge is -2.31. The van der Waals surface area contributed by atoms with Gasteiger partial charge in [0.2, 0.25) is 0 Å². The summed E-state index contributed by atoms with van der Waals surface area (Å²) in [5.74, 6) is 0.784. The fourth-order valence-electron chi connectivity index (χ4n) is 6.86. The number of nitrogens with zero attached hydrogens (tertiary/aromatic N) is 7. The maximum absolute atomic E-state index is 15.6. The lowest BCUT2D eigenvalue weighted by Crippen LogP contribution is -2.43. The second-order valence-corrected chi connectivity index (χ2v) is 12.4. The number of hydrogen-bond donors (Lipinski definition) is 0. The highest BCUT2D eigenvalue weighted by Crippen LogP contribution is 2.48. The van der Waals surface area contributed by atoms with Crippen LogP contribution in [0.3, 0.4) is 0 Å². The molecule has 2 aromatic carbocycles. The highest BCUT2D eigenvalue weighted by Gasteiger charge is 2.46. The number of anilines is 1. The molecule has 220 valence electrons. The molecule has 2 saturated heterocycles. The van der Waals surface area contributed by atoms with Crippen LogP contribution in [0.1, 0.15) is 19.3 Å². The van der Waals surface area contributed by atoms with Gasteiger partial charge in [0, 0.05) is 43.2 Å². The molecule has 2 fully saturated rings. The van der Waals surface area contributed by atoms with E-state index in [1.165, 1.54) is 11.6 Å². The molecular weight excluding hydrogens is 557 g/mol. The summed E-state index contributed by atoms with van der Waals surface area (Å²) in [5.41, 5.74) is 3.28. The van der Waals surface area contributed by atoms with Crippen molar-refractivity contribution in [2.75, 3.05) is 64.9 Å². The van der Waals surface area contributed by atoms with E-state index in [4.69, 9.17) is 31.0 Å². The van der Waals surface area contributed by atoms with Crippen molar-refractivity contribution in [1.82, 2.24) is 29.5 Å². The Labute approximate surface area is 249 Å². The predicted molar refractivity (Wildman–Crippen MR) is 163 cm³/mol. The van der Waals surface area contributed by atoms with E-state index in [1.54, 1.807) is 24.0 Å². The van der Waals surface area contributed by atoms with Gasteiger partial charge in [-0.3, -0.25) is 9.58 Å². The van der Waals surface area contributed by atoms with Crippen LogP contribution in [0.2, 0.25) is 5.02 Å². The van der Waals surface area contributed by atoms with Crippen molar-refractivity contribution in [3.8, 4) is 22.9 Å². The summed E-state index contributed by atoms with van der Waals surface area (Å²) >= 11 is 7.08. The average molecular weight is 592 g/mol. The number of likely N-dealkylation sites (N-methyl/N-ethyl adjacent to an activating group) is 1. The first-order chi connectivity index (χ1) is 20.2. The van der Waals surface area contributed by atoms with Crippen LogP contribution in [0.4, 0.5) is 10.2 Å². The van der Waals surface area contributed by atoms with Gasteiger partial charge in [0.15, 0.2) is 5.75 Å². The number of benzene rings is 2. The van der Waals surface area contributed by atoms with E-state index in [0.717, 1.165) is 50.8 Å². The number of hydrogen-bond acceptors (Lipinski definition) is 8. The van der Waals surface area contributed by atoms with Crippen LogP contribution in [0.15, 0.2) is 36.5 Å². The fourth-order valence-corrected chi connectivity index (χ4v) is 7.15. The zero-order valence-corrected chi connectivity index (χ0v) is 25.0. The maximum atomic E-state index is 15.6. The molecule has 1 atom stereocenters. The Hall–Kier alpha value is -3.47. The van der Waals surface area contributed by atoms with Gasteiger partial charge in [-0.15, -0.1) is 0 Å². The average Bonchev–Trinajstić information content (AvgIpc) is 3.57. The first-order valence-corrected chi connectivity index (χ1v) is 14.8. The Balaban J connectivity index is 1.39. The topological polar surface area (TPSA) is 71.8 Å². The molecule has 42 heavy (non-hydrogen) atoms. The van der Waals surface area contributed by atoms with Crippen molar-refractivity contribution in [3.63, 3.8) is 0 Å². The maximum Gasteiger partial charge on any atom is 0.319 e. The van der Waals surface area contributed by atoms with Gasteiger partial charge in [0.25, 0.3) is 0 Å². The molecule has 0 aliphatic carbocycles. The predicted octanol–water partition coefficient (Wildman–Crippen LogP) is 4.91. The lowest BCUT2D eigenvalue weighted by atomic mass is 9.94. The minimum absolute atomic E-state index is 0.0636. The normalized spacial score (nSPS) is 20.5. The number of fused-ring (bicyclic) bond motifs is 2. The van der Waals surface area contributed by atoms with E-state index in [-0.39, 0.29) is 5.54 Å². The van der Waals surface area contributed by atoms with Crippen LogP contribution >= 0.6 is 11.6 Å². The molecule has 7 rings (SSSR count). The third-order valence-corrected chi connectivity index (χ3v) is 9.27. The van der Waals surface area contributed by atoms with Crippen LogP contribution in [-0.2, 0) is 7.05 Å². The summed E-state index contributed by atoms with van der Waals surface area (Å²) in [5, 5.41) is 6.21. The van der Waals surface area contributed by atoms with Crippen molar-refractivity contribution in [1.29, 1.82) is 0 Å². The van der Waals surface area contributed by atoms with E-state index in [0.29, 0.717) is 69.9 Å². The molecule has 11 heteroatoms. The minimum atomic E-state index is -0.395. The zero-order valence-electron chi connectivity index (χ0n) is 24.3. The van der Waals surface area contributed by atoms with Crippen LogP contribution in [-0.4, -0.2) is 95.1 Å². The number of aromatic nitrogens is 4. The Bertz CT molecular complexity index is 1720. The van der Waals surface area contributed by atoms with Crippen LogP contribution in [0.5, 0.6) is 11.8 Å². The Morgan fingerprint density at radius 2 is 2.10 bits per heavy atom. The van der Waals surface area contributed by atoms with Crippen molar-refractivity contribution >= 4 is 39.2 Å². The summed E-state index contributed by atoms with van der Waals surface area (Å²) in [6.07, 6.45) is 4.85. The first kappa shape index (κ1) is 27.4. The summed E-state index contributed by atoms with van der Waals surface area (Å²) in [6.45, 7) is 9.29. The van der Waals surface area contributed by atoms with Crippen LogP contribution in [0, 0.1) is 5.82 Å². The molecule has 0 spiro atoms. The van der Waals surface area contributed by atoms with Crippen molar-refractivity contribution < 1.29 is 13.9 Å². The second-order valence-electron chi connectivity index (χ2n) is 12.0. The molecule has 0 saturated carbocycles. The van der Waals surface area contributed by atoms with E-state index < -0.39 is 5.82 Å². The van der Waals surface area contributed by atoms with E-state index in [2.05, 4.69) is 26.4 Å². The number of halogens is 2. The quantitative estimate of drug-likeness (QED) is 0.281. The highest BCUT2D eigenvalue weighted by molar-refractivity contribution is 6.37. The molecule has 2 aromatic heterocycles. The van der Waals surface area contributed by atoms with Crippen molar-refractivity contribution in [2.24, 2.45) is 7.05 Å². The standard InChI is InChI=1S/C31H35ClFN7O2/c1-19-15-31(8-5-9-40(31)17-19)18-42-30-35-23-14-21(24-22(33)7-6-20-16-34-38(4)27(20)24)26(32)28-25(23)29(36-30)39(12-13-41-28)11-10-37(2)3/h6-7,14,16H,1,5,8-13,15,17-18H2,2-4H3/t31-/m0/s1. The van der Waals surface area contributed by atoms with Gasteiger partial charge < -0.3 is 19.3 Å². The number of aryl methyl sites for hydroxylation is 1. The SMILES string of the molecule is C=C1CN2CCC[C@@]2(COc2nc3c4c(c(Cl)c(-c5c(F)ccc6cnn(C)c56)cc4n2)OCCN3CCN(C)C)C1. The van der Waals surface area contributed by atoms with Gasteiger partial charge in [0.1, 0.15) is 24.8 Å². The van der Waals surface area contributed by atoms with Crippen molar-refractivity contribution in [3.05, 3.63) is 47.4 Å². The van der Waals surface area contributed by atoms with Gasteiger partial charge in [-0.1, -0.05) is 23.8 Å². The van der Waals surface area contributed by atoms with Gasteiger partial charge in [0.05, 0.1) is 39.7 Å². The van der Waals surface area contributed by atoms with Gasteiger partial charge in [-0.2, -0.15) is 15.1 Å². The smallest absolute Gasteiger partial charge is 0.319 e. The Morgan fingerprint density at radius 1 is 1.24 bits per heavy atom. The molecule has 0 unspecified atom stereocenters. The second kappa shape index (κ2) is 10.4. The monoisotopic (exact) mass is 591 g/mol. The van der Waals surface area contributed by atoms with Crippen LogP contribution in [0.25, 0.3) is 32.9 Å². The summed E-state index contributed by atoms with van der Waals surface area (Å²) < 4.78 is 30.0. The van der Waals surface area contributed by atoms with Gasteiger partial charge in [-0.05, 0) is 58.1 Å². The van der Waals surface area contributed by atoms with E-state index in [9.17, 15) is 0 Å². The fraction of sp³-hybridized carbons (Fsp3) is 0.452. The van der Waals surface area contributed by atoms with Crippen LogP contribution < -0.4 is 14.4 Å². The minimum Gasteiger partial charge on any atom is -0.489 e. The highest BCUT2D eigenvalue weighted by atomic mass is 35.5. The first-order valence-electron chi connectivity index (χ1n) is 14.5. The molecule has 0 bridgehead atoms. The molecule has 4 aromatic rings. The molecule has 0 amide bonds. The van der Waals surface area contributed by atoms with Gasteiger partial charge >= 0.3 is 6.01 Å². The van der Waals surface area contributed by atoms with Gasteiger partial charge in [-0.25, -0.2) is 4.39 Å². The summed E-state index contributed by atoms with van der Waals surface area (Å²) in [4.78, 5) is 16.7. The van der Waals surface area contributed by atoms with Crippen molar-refractivity contribution in [2.45, 2.75) is 24.8 Å². The molecule has 9 nitrogen and oxygen atoms in total. The summed E-state index contributed by atoms with van der Waals surface area (Å²) in [6, 6.07) is 5.30. The molecule has 5 heterocycles. The molecular formula is C31H35ClFN7O2. The summed E-state index contributed by atoms with van der Waals surface area (Å²) in [7, 11) is 5.89. The molecule has 0 radical (unpaired) electrons. The van der Waals surface area contributed by atoms with E-state index >= 15 is 4.39 Å². The number of ether oxygens (including phenoxy) is 2. The lowest BCUT2D eigenvalue weighted by molar-refractivity contribution is 0.108. The zero-order chi connectivity index (χ0) is 29.2. The Morgan fingerprint density at radius 3 is 2.93 bits per heavy atom. The number of rotatable bonds is 7. The molecule has 3 aliphatic heterocycles. The molecule has 0 N–H and O–H groups in total. The largest absolute Gasteiger partial charge is 0.489 e.